The molecule has 0 aliphatic heterocycles. The number of allylic oxidation sites excluding steroid dienone is 1. The van der Waals surface area contributed by atoms with Crippen LogP contribution in [-0.2, 0) is 6.18 Å². The average Bonchev–Trinajstić information content (AvgIpc) is 2.54. The van der Waals surface area contributed by atoms with Crippen LogP contribution in [0.25, 0.3) is 0 Å². The minimum absolute atomic E-state index is 0.256. The van der Waals surface area contributed by atoms with E-state index in [4.69, 9.17) is 4.74 Å². The zero-order chi connectivity index (χ0) is 19.2. The predicted octanol–water partition coefficient (Wildman–Crippen LogP) is 5.69. The van der Waals surface area contributed by atoms with Crippen molar-refractivity contribution in [1.82, 2.24) is 0 Å². The van der Waals surface area contributed by atoms with Gasteiger partial charge < -0.3 is 15.4 Å². The molecule has 7 heteroatoms. The molecule has 0 aromatic heterocycles. The zero-order valence-corrected chi connectivity index (χ0v) is 14.4. The van der Waals surface area contributed by atoms with Crippen molar-refractivity contribution >= 4 is 17.4 Å². The summed E-state index contributed by atoms with van der Waals surface area (Å²) in [6.45, 7) is 4.35. The van der Waals surface area contributed by atoms with Gasteiger partial charge >= 0.3 is 12.2 Å². The van der Waals surface area contributed by atoms with Crippen LogP contribution in [0.1, 0.15) is 19.4 Å². The lowest BCUT2D eigenvalue weighted by atomic mass is 10.2. The minimum atomic E-state index is -4.41. The van der Waals surface area contributed by atoms with E-state index in [1.807, 2.05) is 19.9 Å². The lowest BCUT2D eigenvalue weighted by Crippen LogP contribution is -2.19. The van der Waals surface area contributed by atoms with Gasteiger partial charge in [0.25, 0.3) is 0 Å². The smallest absolute Gasteiger partial charge is 0.416 e. The molecule has 2 rings (SSSR count). The standard InChI is InChI=1S/C19H19F3N2O2/c1-13(2)10-11-26-17-5-3-4-16(12-17)24-18(25)23-15-8-6-14(7-9-15)19(20,21)22/h3-10,12H,11H2,1-2H3,(H2,23,24,25). The van der Waals surface area contributed by atoms with E-state index in [2.05, 4.69) is 10.6 Å². The molecule has 0 fully saturated rings. The molecule has 138 valence electrons. The Morgan fingerprint density at radius 3 is 2.31 bits per heavy atom. The van der Waals surface area contributed by atoms with Gasteiger partial charge in [-0.15, -0.1) is 0 Å². The second-order valence-corrected chi connectivity index (χ2v) is 5.77. The Morgan fingerprint density at radius 1 is 1.04 bits per heavy atom. The van der Waals surface area contributed by atoms with Crippen molar-refractivity contribution in [3.63, 3.8) is 0 Å². The van der Waals surface area contributed by atoms with Crippen molar-refractivity contribution in [3.8, 4) is 5.75 Å². The number of hydrogen-bond acceptors (Lipinski definition) is 2. The SMILES string of the molecule is CC(C)=CCOc1cccc(NC(=O)Nc2ccc(C(F)(F)F)cc2)c1. The van der Waals surface area contributed by atoms with Gasteiger partial charge in [0.05, 0.1) is 5.56 Å². The third kappa shape index (κ3) is 6.16. The van der Waals surface area contributed by atoms with Crippen LogP contribution < -0.4 is 15.4 Å². The lowest BCUT2D eigenvalue weighted by molar-refractivity contribution is -0.137. The van der Waals surface area contributed by atoms with Crippen LogP contribution >= 0.6 is 0 Å². The fraction of sp³-hybridized carbons (Fsp3) is 0.211. The van der Waals surface area contributed by atoms with Gasteiger partial charge in [0.2, 0.25) is 0 Å². The Hall–Kier alpha value is -2.96. The highest BCUT2D eigenvalue weighted by Crippen LogP contribution is 2.29. The first-order chi connectivity index (χ1) is 12.2. The van der Waals surface area contributed by atoms with E-state index in [1.165, 1.54) is 12.1 Å². The first-order valence-corrected chi connectivity index (χ1v) is 7.85. The van der Waals surface area contributed by atoms with Crippen LogP contribution in [0.15, 0.2) is 60.2 Å². The van der Waals surface area contributed by atoms with Crippen molar-refractivity contribution in [3.05, 3.63) is 65.7 Å². The number of carbonyl (C=O) groups excluding carboxylic acids is 1. The van der Waals surface area contributed by atoms with Crippen LogP contribution in [0.2, 0.25) is 0 Å². The Bertz CT molecular complexity index is 780. The van der Waals surface area contributed by atoms with Crippen LogP contribution in [0.3, 0.4) is 0 Å². The molecule has 0 bridgehead atoms. The molecule has 0 spiro atoms. The number of anilines is 2. The number of rotatable bonds is 5. The van der Waals surface area contributed by atoms with E-state index in [0.717, 1.165) is 17.7 Å². The molecule has 0 heterocycles. The van der Waals surface area contributed by atoms with E-state index in [-0.39, 0.29) is 5.69 Å². The van der Waals surface area contributed by atoms with E-state index in [1.54, 1.807) is 24.3 Å². The highest BCUT2D eigenvalue weighted by atomic mass is 19.4. The summed E-state index contributed by atoms with van der Waals surface area (Å²) in [5.41, 5.74) is 1.12. The van der Waals surface area contributed by atoms with Gasteiger partial charge in [-0.3, -0.25) is 0 Å². The second-order valence-electron chi connectivity index (χ2n) is 5.77. The number of urea groups is 1. The number of nitrogens with one attached hydrogen (secondary N) is 2. The highest BCUT2D eigenvalue weighted by molar-refractivity contribution is 5.99. The van der Waals surface area contributed by atoms with Crippen LogP contribution in [0, 0.1) is 0 Å². The van der Waals surface area contributed by atoms with Gasteiger partial charge in [-0.2, -0.15) is 13.2 Å². The van der Waals surface area contributed by atoms with E-state index in [9.17, 15) is 18.0 Å². The van der Waals surface area contributed by atoms with Crippen molar-refractivity contribution in [2.24, 2.45) is 0 Å². The Morgan fingerprint density at radius 2 is 1.69 bits per heavy atom. The third-order valence-corrected chi connectivity index (χ3v) is 3.30. The number of carbonyl (C=O) groups is 1. The van der Waals surface area contributed by atoms with Gasteiger partial charge in [-0.05, 0) is 56.3 Å². The monoisotopic (exact) mass is 364 g/mol. The fourth-order valence-corrected chi connectivity index (χ4v) is 2.00. The van der Waals surface area contributed by atoms with Gasteiger partial charge in [-0.25, -0.2) is 4.79 Å². The fourth-order valence-electron chi connectivity index (χ4n) is 2.00. The molecule has 0 unspecified atom stereocenters. The predicted molar refractivity (Wildman–Crippen MR) is 95.5 cm³/mol. The normalized spacial score (nSPS) is 10.8. The van der Waals surface area contributed by atoms with E-state index >= 15 is 0 Å². The topological polar surface area (TPSA) is 50.4 Å². The summed E-state index contributed by atoms with van der Waals surface area (Å²) in [5, 5.41) is 5.09. The molecule has 4 nitrogen and oxygen atoms in total. The number of alkyl halides is 3. The van der Waals surface area contributed by atoms with Crippen molar-refractivity contribution in [2.75, 3.05) is 17.2 Å². The molecule has 0 radical (unpaired) electrons. The minimum Gasteiger partial charge on any atom is -0.489 e. The lowest BCUT2D eigenvalue weighted by Gasteiger charge is -2.11. The maximum atomic E-state index is 12.5. The van der Waals surface area contributed by atoms with Gasteiger partial charge in [0, 0.05) is 17.4 Å². The van der Waals surface area contributed by atoms with Crippen LogP contribution in [0.4, 0.5) is 29.3 Å². The molecule has 2 aromatic carbocycles. The van der Waals surface area contributed by atoms with Crippen LogP contribution in [-0.4, -0.2) is 12.6 Å². The summed E-state index contributed by atoms with van der Waals surface area (Å²) in [6, 6.07) is 10.5. The summed E-state index contributed by atoms with van der Waals surface area (Å²) in [6.07, 6.45) is -2.48. The van der Waals surface area contributed by atoms with Crippen molar-refractivity contribution < 1.29 is 22.7 Å². The largest absolute Gasteiger partial charge is 0.489 e. The van der Waals surface area contributed by atoms with Crippen molar-refractivity contribution in [1.29, 1.82) is 0 Å². The van der Waals surface area contributed by atoms with Crippen LogP contribution in [0.5, 0.6) is 5.75 Å². The highest BCUT2D eigenvalue weighted by Gasteiger charge is 2.29. The third-order valence-electron chi connectivity index (χ3n) is 3.30. The van der Waals surface area contributed by atoms with E-state index < -0.39 is 17.8 Å². The summed E-state index contributed by atoms with van der Waals surface area (Å²) >= 11 is 0. The molecule has 0 aliphatic rings. The molecular weight excluding hydrogens is 345 g/mol. The second kappa shape index (κ2) is 8.42. The molecule has 0 saturated carbocycles. The number of amides is 2. The summed E-state index contributed by atoms with van der Waals surface area (Å²) in [4.78, 5) is 12.0. The number of hydrogen-bond donors (Lipinski definition) is 2. The molecule has 2 aromatic rings. The molecular formula is C19H19F3N2O2. The Balaban J connectivity index is 1.94. The number of halogens is 3. The average molecular weight is 364 g/mol. The van der Waals surface area contributed by atoms with Gasteiger partial charge in [-0.1, -0.05) is 11.6 Å². The number of benzene rings is 2. The molecule has 0 atom stereocenters. The molecule has 26 heavy (non-hydrogen) atoms. The molecule has 2 N–H and O–H groups in total. The first-order valence-electron chi connectivity index (χ1n) is 7.85. The Kier molecular flexibility index (Phi) is 6.27. The first kappa shape index (κ1) is 19.4. The maximum absolute atomic E-state index is 12.5. The van der Waals surface area contributed by atoms with E-state index in [0.29, 0.717) is 18.0 Å². The maximum Gasteiger partial charge on any atom is 0.416 e. The molecule has 0 saturated heterocycles. The van der Waals surface area contributed by atoms with Crippen molar-refractivity contribution in [2.45, 2.75) is 20.0 Å². The molecule has 0 aliphatic carbocycles. The zero-order valence-electron chi connectivity index (χ0n) is 14.4. The van der Waals surface area contributed by atoms with Gasteiger partial charge in [0.15, 0.2) is 0 Å². The number of ether oxygens (including phenoxy) is 1. The quantitative estimate of drug-likeness (QED) is 0.669. The molecule has 2 amide bonds. The summed E-state index contributed by atoms with van der Waals surface area (Å²) < 4.78 is 43.1. The summed E-state index contributed by atoms with van der Waals surface area (Å²) in [7, 11) is 0. The van der Waals surface area contributed by atoms with Gasteiger partial charge in [0.1, 0.15) is 12.4 Å². The summed E-state index contributed by atoms with van der Waals surface area (Å²) in [5.74, 6) is 0.592. The Labute approximate surface area is 149 Å².